The van der Waals surface area contributed by atoms with Crippen LogP contribution in [-0.2, 0) is 5.54 Å². The quantitative estimate of drug-likeness (QED) is 0.888. The van der Waals surface area contributed by atoms with Crippen molar-refractivity contribution in [3.63, 3.8) is 0 Å². The Labute approximate surface area is 130 Å². The van der Waals surface area contributed by atoms with Gasteiger partial charge in [-0.2, -0.15) is 5.26 Å². The Morgan fingerprint density at radius 3 is 2.81 bits per heavy atom. The second-order valence-corrected chi connectivity index (χ2v) is 6.61. The highest BCUT2D eigenvalue weighted by Gasteiger charge is 2.25. The molecule has 2 rings (SSSR count). The summed E-state index contributed by atoms with van der Waals surface area (Å²) in [5, 5.41) is 14.3. The Kier molecular flexibility index (Phi) is 4.79. The molecule has 0 amide bonds. The van der Waals surface area contributed by atoms with E-state index in [0.29, 0.717) is 11.6 Å². The maximum absolute atomic E-state index is 9.00. The first-order chi connectivity index (χ1) is 9.96. The van der Waals surface area contributed by atoms with E-state index in [1.165, 1.54) is 4.88 Å². The summed E-state index contributed by atoms with van der Waals surface area (Å²) in [5.74, 6) is 0. The highest BCUT2D eigenvalue weighted by molar-refractivity contribution is 7.10. The van der Waals surface area contributed by atoms with Crippen LogP contribution in [0.5, 0.6) is 0 Å². The molecule has 0 saturated carbocycles. The molecule has 0 radical (unpaired) electrons. The van der Waals surface area contributed by atoms with Gasteiger partial charge in [0.15, 0.2) is 0 Å². The maximum Gasteiger partial charge on any atom is 0.0991 e. The lowest BCUT2D eigenvalue weighted by atomic mass is 9.92. The van der Waals surface area contributed by atoms with Crippen molar-refractivity contribution in [1.82, 2.24) is 5.32 Å². The van der Waals surface area contributed by atoms with Gasteiger partial charge in [-0.05, 0) is 62.0 Å². The molecule has 0 aliphatic rings. The van der Waals surface area contributed by atoms with Gasteiger partial charge >= 0.3 is 0 Å². The van der Waals surface area contributed by atoms with Crippen molar-refractivity contribution in [2.75, 3.05) is 7.05 Å². The van der Waals surface area contributed by atoms with E-state index >= 15 is 0 Å². The first-order valence-corrected chi connectivity index (χ1v) is 7.90. The van der Waals surface area contributed by atoms with E-state index in [1.807, 2.05) is 31.3 Å². The fourth-order valence-corrected chi connectivity index (χ4v) is 3.40. The largest absolute Gasteiger partial charge is 0.321 e. The molecular formula is C17H21N3S. The lowest BCUT2D eigenvalue weighted by Gasteiger charge is -2.26. The van der Waals surface area contributed by atoms with Gasteiger partial charge in [-0.25, -0.2) is 0 Å². The third-order valence-corrected chi connectivity index (χ3v) is 4.92. The van der Waals surface area contributed by atoms with Crippen LogP contribution in [-0.4, -0.2) is 13.1 Å². The first kappa shape index (κ1) is 15.7. The minimum Gasteiger partial charge on any atom is -0.321 e. The fraction of sp³-hybridized carbons (Fsp3) is 0.353. The third kappa shape index (κ3) is 3.70. The topological polar surface area (TPSA) is 61.8 Å². The van der Waals surface area contributed by atoms with E-state index in [4.69, 9.17) is 11.0 Å². The second-order valence-electron chi connectivity index (χ2n) is 5.70. The minimum atomic E-state index is -0.349. The van der Waals surface area contributed by atoms with Crippen molar-refractivity contribution < 1.29 is 0 Å². The van der Waals surface area contributed by atoms with Crippen LogP contribution < -0.4 is 11.1 Å². The number of hydrogen-bond donors (Lipinski definition) is 2. The van der Waals surface area contributed by atoms with Crippen molar-refractivity contribution in [2.24, 2.45) is 5.73 Å². The van der Waals surface area contributed by atoms with Crippen LogP contribution in [0.3, 0.4) is 0 Å². The van der Waals surface area contributed by atoms with Gasteiger partial charge in [0, 0.05) is 16.5 Å². The lowest BCUT2D eigenvalue weighted by molar-refractivity contribution is 0.393. The van der Waals surface area contributed by atoms with E-state index in [2.05, 4.69) is 36.7 Å². The molecule has 2 aromatic rings. The third-order valence-electron chi connectivity index (χ3n) is 3.71. The predicted molar refractivity (Wildman–Crippen MR) is 89.1 cm³/mol. The standard InChI is InChI=1S/C17H21N3S/c1-12(20-3)9-17(2,19)16-8-15(11-21-16)14-6-4-5-13(7-14)10-18/h4-8,11-12,20H,9,19H2,1-3H3/t12?,17-/m0/s1. The number of nitrogens with one attached hydrogen (secondary N) is 1. The summed E-state index contributed by atoms with van der Waals surface area (Å²) in [4.78, 5) is 1.17. The summed E-state index contributed by atoms with van der Waals surface area (Å²) in [5.41, 5.74) is 9.00. The molecule has 2 atom stereocenters. The van der Waals surface area contributed by atoms with Gasteiger partial charge in [0.2, 0.25) is 0 Å². The van der Waals surface area contributed by atoms with E-state index in [-0.39, 0.29) is 5.54 Å². The van der Waals surface area contributed by atoms with Crippen molar-refractivity contribution in [2.45, 2.75) is 31.8 Å². The number of hydrogen-bond acceptors (Lipinski definition) is 4. The average Bonchev–Trinajstić information content (AvgIpc) is 2.97. The summed E-state index contributed by atoms with van der Waals surface area (Å²) in [7, 11) is 1.95. The molecule has 1 unspecified atom stereocenters. The number of nitrogens with two attached hydrogens (primary N) is 1. The number of thiophene rings is 1. The zero-order valence-electron chi connectivity index (χ0n) is 12.7. The lowest BCUT2D eigenvalue weighted by Crippen LogP contribution is -2.39. The molecule has 4 heteroatoms. The Morgan fingerprint density at radius 2 is 2.14 bits per heavy atom. The normalized spacial score (nSPS) is 15.2. The Morgan fingerprint density at radius 1 is 1.38 bits per heavy atom. The summed E-state index contributed by atoms with van der Waals surface area (Å²) < 4.78 is 0. The van der Waals surface area contributed by atoms with Gasteiger partial charge < -0.3 is 11.1 Å². The van der Waals surface area contributed by atoms with Crippen molar-refractivity contribution in [3.8, 4) is 17.2 Å². The number of nitrogens with zero attached hydrogens (tertiary/aromatic N) is 1. The first-order valence-electron chi connectivity index (χ1n) is 7.02. The molecule has 3 nitrogen and oxygen atoms in total. The summed E-state index contributed by atoms with van der Waals surface area (Å²) in [6, 6.07) is 12.4. The molecule has 0 aliphatic heterocycles. The van der Waals surface area contributed by atoms with E-state index in [0.717, 1.165) is 17.5 Å². The number of nitriles is 1. The molecule has 0 spiro atoms. The second kappa shape index (κ2) is 6.40. The van der Waals surface area contributed by atoms with Gasteiger partial charge in [-0.15, -0.1) is 11.3 Å². The molecule has 0 saturated heterocycles. The average molecular weight is 299 g/mol. The molecular weight excluding hydrogens is 278 g/mol. The summed E-state index contributed by atoms with van der Waals surface area (Å²) in [6.07, 6.45) is 0.877. The highest BCUT2D eigenvalue weighted by Crippen LogP contribution is 2.33. The molecule has 110 valence electrons. The molecule has 0 aliphatic carbocycles. The van der Waals surface area contributed by atoms with E-state index in [9.17, 15) is 0 Å². The number of benzene rings is 1. The van der Waals surface area contributed by atoms with Crippen molar-refractivity contribution in [3.05, 3.63) is 46.2 Å². The van der Waals surface area contributed by atoms with Crippen LogP contribution in [0.1, 0.15) is 30.7 Å². The van der Waals surface area contributed by atoms with Crippen LogP contribution in [0, 0.1) is 11.3 Å². The summed E-state index contributed by atoms with van der Waals surface area (Å²) in [6.45, 7) is 4.21. The van der Waals surface area contributed by atoms with Gasteiger partial charge in [0.25, 0.3) is 0 Å². The zero-order chi connectivity index (χ0) is 15.5. The monoisotopic (exact) mass is 299 g/mol. The molecule has 1 aromatic carbocycles. The molecule has 0 bridgehead atoms. The van der Waals surface area contributed by atoms with Gasteiger partial charge in [-0.3, -0.25) is 0 Å². The molecule has 21 heavy (non-hydrogen) atoms. The van der Waals surface area contributed by atoms with Crippen LogP contribution in [0.25, 0.3) is 11.1 Å². The van der Waals surface area contributed by atoms with E-state index in [1.54, 1.807) is 11.3 Å². The molecule has 0 fully saturated rings. The van der Waals surface area contributed by atoms with E-state index < -0.39 is 0 Å². The fourth-order valence-electron chi connectivity index (χ4n) is 2.39. The zero-order valence-corrected chi connectivity index (χ0v) is 13.5. The maximum atomic E-state index is 9.00. The van der Waals surface area contributed by atoms with Crippen LogP contribution in [0.15, 0.2) is 35.7 Å². The Bertz CT molecular complexity index is 652. The van der Waals surface area contributed by atoms with Crippen LogP contribution in [0.4, 0.5) is 0 Å². The highest BCUT2D eigenvalue weighted by atomic mass is 32.1. The molecule has 1 heterocycles. The van der Waals surface area contributed by atoms with Crippen LogP contribution in [0.2, 0.25) is 0 Å². The Balaban J connectivity index is 2.27. The smallest absolute Gasteiger partial charge is 0.0991 e. The molecule has 1 aromatic heterocycles. The Hall–Kier alpha value is -1.67. The van der Waals surface area contributed by atoms with Crippen molar-refractivity contribution >= 4 is 11.3 Å². The summed E-state index contributed by atoms with van der Waals surface area (Å²) >= 11 is 1.68. The molecule has 3 N–H and O–H groups in total. The predicted octanol–water partition coefficient (Wildman–Crippen LogP) is 3.46. The van der Waals surface area contributed by atoms with Gasteiger partial charge in [0.1, 0.15) is 0 Å². The van der Waals surface area contributed by atoms with Gasteiger partial charge in [-0.1, -0.05) is 12.1 Å². The minimum absolute atomic E-state index is 0.349. The number of rotatable bonds is 5. The van der Waals surface area contributed by atoms with Gasteiger partial charge in [0.05, 0.1) is 11.6 Å². The van der Waals surface area contributed by atoms with Crippen molar-refractivity contribution in [1.29, 1.82) is 5.26 Å². The SMILES string of the molecule is CNC(C)C[C@](C)(N)c1cc(-c2cccc(C#N)c2)cs1. The van der Waals surface area contributed by atoms with Crippen LogP contribution >= 0.6 is 11.3 Å².